The quantitative estimate of drug-likeness (QED) is 0.604. The van der Waals surface area contributed by atoms with Crippen LogP contribution in [-0.4, -0.2) is 36.7 Å². The Bertz CT molecular complexity index is 1170. The summed E-state index contributed by atoms with van der Waals surface area (Å²) in [7, 11) is -3.45. The summed E-state index contributed by atoms with van der Waals surface area (Å²) in [5, 5.41) is 4.11. The number of benzene rings is 2. The largest absolute Gasteiger partial charge is 0.348 e. The van der Waals surface area contributed by atoms with Crippen LogP contribution in [0.4, 0.5) is 0 Å². The first-order valence-electron chi connectivity index (χ1n) is 9.87. The molecule has 8 heteroatoms. The Morgan fingerprint density at radius 1 is 1.00 bits per heavy atom. The highest BCUT2D eigenvalue weighted by atomic mass is 35.5. The zero-order chi connectivity index (χ0) is 21.1. The van der Waals surface area contributed by atoms with Crippen LogP contribution >= 0.6 is 11.6 Å². The number of aromatic nitrogens is 1. The Balaban J connectivity index is 1.41. The number of rotatable bonds is 5. The van der Waals surface area contributed by atoms with Gasteiger partial charge < -0.3 is 5.32 Å². The fraction of sp³-hybridized carbons (Fsp3) is 0.273. The molecule has 1 saturated heterocycles. The van der Waals surface area contributed by atoms with Crippen LogP contribution in [-0.2, 0) is 16.6 Å². The van der Waals surface area contributed by atoms with Crippen molar-refractivity contribution >= 4 is 38.4 Å². The number of carbonyl (C=O) groups is 1. The van der Waals surface area contributed by atoms with Gasteiger partial charge >= 0.3 is 0 Å². The Hall–Kier alpha value is -2.48. The molecule has 4 rings (SSSR count). The first kappa shape index (κ1) is 20.8. The smallest absolute Gasteiger partial charge is 0.251 e. The van der Waals surface area contributed by atoms with E-state index in [0.29, 0.717) is 35.2 Å². The van der Waals surface area contributed by atoms with Crippen molar-refractivity contribution in [1.29, 1.82) is 0 Å². The number of amides is 1. The maximum atomic E-state index is 12.7. The van der Waals surface area contributed by atoms with E-state index < -0.39 is 10.0 Å². The zero-order valence-corrected chi connectivity index (χ0v) is 17.9. The monoisotopic (exact) mass is 443 g/mol. The molecule has 6 nitrogen and oxygen atoms in total. The predicted octanol–water partition coefficient (Wildman–Crippen LogP) is 3.99. The number of carbonyl (C=O) groups excluding carboxylic acids is 1. The van der Waals surface area contributed by atoms with Crippen molar-refractivity contribution in [2.45, 2.75) is 30.7 Å². The highest BCUT2D eigenvalue weighted by Gasteiger charge is 2.25. The van der Waals surface area contributed by atoms with Gasteiger partial charge in [-0.3, -0.25) is 4.79 Å². The minimum atomic E-state index is -3.45. The average molecular weight is 444 g/mol. The SMILES string of the molecule is O=C(NCc1ccc(S(=O)(=O)N2CCCCC2)cc1)c1ccc2nc(Cl)ccc2c1. The fourth-order valence-electron chi connectivity index (χ4n) is 3.56. The molecule has 2 aromatic carbocycles. The lowest BCUT2D eigenvalue weighted by Crippen LogP contribution is -2.35. The van der Waals surface area contributed by atoms with Crippen molar-refractivity contribution < 1.29 is 13.2 Å². The van der Waals surface area contributed by atoms with Gasteiger partial charge in [-0.25, -0.2) is 13.4 Å². The normalized spacial score (nSPS) is 15.2. The molecule has 2 heterocycles. The molecule has 156 valence electrons. The topological polar surface area (TPSA) is 79.4 Å². The van der Waals surface area contributed by atoms with E-state index in [1.807, 2.05) is 6.07 Å². The summed E-state index contributed by atoms with van der Waals surface area (Å²) in [6.07, 6.45) is 2.88. The van der Waals surface area contributed by atoms with Gasteiger partial charge in [-0.15, -0.1) is 0 Å². The number of piperidine rings is 1. The molecular weight excluding hydrogens is 422 g/mol. The lowest BCUT2D eigenvalue weighted by Gasteiger charge is -2.25. The van der Waals surface area contributed by atoms with Gasteiger partial charge in [0.1, 0.15) is 5.15 Å². The average Bonchev–Trinajstić information content (AvgIpc) is 2.78. The minimum Gasteiger partial charge on any atom is -0.348 e. The third-order valence-electron chi connectivity index (χ3n) is 5.25. The Labute approximate surface area is 180 Å². The molecule has 1 N–H and O–H groups in total. The summed E-state index contributed by atoms with van der Waals surface area (Å²) in [6, 6.07) is 15.4. The van der Waals surface area contributed by atoms with E-state index in [-0.39, 0.29) is 5.91 Å². The lowest BCUT2D eigenvalue weighted by molar-refractivity contribution is 0.0951. The molecule has 0 aliphatic carbocycles. The highest BCUT2D eigenvalue weighted by Crippen LogP contribution is 2.21. The summed E-state index contributed by atoms with van der Waals surface area (Å²) in [6.45, 7) is 1.46. The lowest BCUT2D eigenvalue weighted by atomic mass is 10.1. The first-order chi connectivity index (χ1) is 14.4. The number of pyridine rings is 1. The third-order valence-corrected chi connectivity index (χ3v) is 7.37. The van der Waals surface area contributed by atoms with Crippen molar-refractivity contribution in [3.63, 3.8) is 0 Å². The second-order valence-corrected chi connectivity index (χ2v) is 9.66. The second kappa shape index (κ2) is 8.71. The first-order valence-corrected chi connectivity index (χ1v) is 11.7. The number of nitrogens with zero attached hydrogens (tertiary/aromatic N) is 2. The van der Waals surface area contributed by atoms with E-state index in [1.54, 1.807) is 52.8 Å². The van der Waals surface area contributed by atoms with Crippen LogP contribution in [0.3, 0.4) is 0 Å². The van der Waals surface area contributed by atoms with Crippen LogP contribution in [0.1, 0.15) is 35.2 Å². The van der Waals surface area contributed by atoms with E-state index in [9.17, 15) is 13.2 Å². The number of hydrogen-bond donors (Lipinski definition) is 1. The molecule has 30 heavy (non-hydrogen) atoms. The van der Waals surface area contributed by atoms with Crippen molar-refractivity contribution in [1.82, 2.24) is 14.6 Å². The van der Waals surface area contributed by atoms with Gasteiger partial charge in [-0.2, -0.15) is 4.31 Å². The Morgan fingerprint density at radius 2 is 1.73 bits per heavy atom. The number of nitrogens with one attached hydrogen (secondary N) is 1. The molecule has 0 unspecified atom stereocenters. The van der Waals surface area contributed by atoms with E-state index in [2.05, 4.69) is 10.3 Å². The van der Waals surface area contributed by atoms with Crippen molar-refractivity contribution in [2.75, 3.05) is 13.1 Å². The van der Waals surface area contributed by atoms with E-state index in [0.717, 1.165) is 35.7 Å². The Kier molecular flexibility index (Phi) is 6.04. The summed E-state index contributed by atoms with van der Waals surface area (Å²) < 4.78 is 27.0. The summed E-state index contributed by atoms with van der Waals surface area (Å²) in [5.41, 5.74) is 2.08. The number of sulfonamides is 1. The summed E-state index contributed by atoms with van der Waals surface area (Å²) >= 11 is 5.89. The maximum Gasteiger partial charge on any atom is 0.251 e. The van der Waals surface area contributed by atoms with E-state index in [4.69, 9.17) is 11.6 Å². The van der Waals surface area contributed by atoms with Crippen LogP contribution in [0.25, 0.3) is 10.9 Å². The number of halogens is 1. The molecule has 0 atom stereocenters. The van der Waals surface area contributed by atoms with Crippen LogP contribution in [0.5, 0.6) is 0 Å². The van der Waals surface area contributed by atoms with Crippen LogP contribution in [0, 0.1) is 0 Å². The van der Waals surface area contributed by atoms with Crippen LogP contribution < -0.4 is 5.32 Å². The zero-order valence-electron chi connectivity index (χ0n) is 16.3. The van der Waals surface area contributed by atoms with Crippen LogP contribution in [0.2, 0.25) is 5.15 Å². The fourth-order valence-corrected chi connectivity index (χ4v) is 5.23. The van der Waals surface area contributed by atoms with Gasteiger partial charge in [-0.05, 0) is 60.9 Å². The van der Waals surface area contributed by atoms with Gasteiger partial charge in [0.2, 0.25) is 10.0 Å². The number of fused-ring (bicyclic) bond motifs is 1. The molecule has 1 aliphatic rings. The Morgan fingerprint density at radius 3 is 2.47 bits per heavy atom. The molecule has 1 aliphatic heterocycles. The standard InChI is InChI=1S/C22H22ClN3O3S/c23-21-11-7-17-14-18(6-10-20(17)25-21)22(27)24-15-16-4-8-19(9-5-16)30(28,29)26-12-2-1-3-13-26/h4-11,14H,1-3,12-13,15H2,(H,24,27). The van der Waals surface area contributed by atoms with Gasteiger partial charge in [-0.1, -0.05) is 30.2 Å². The minimum absolute atomic E-state index is 0.211. The van der Waals surface area contributed by atoms with Gasteiger partial charge in [0.25, 0.3) is 5.91 Å². The maximum absolute atomic E-state index is 12.7. The molecule has 1 aromatic heterocycles. The van der Waals surface area contributed by atoms with Crippen molar-refractivity contribution in [2.24, 2.45) is 0 Å². The van der Waals surface area contributed by atoms with Gasteiger partial charge in [0.15, 0.2) is 0 Å². The molecule has 1 fully saturated rings. The second-order valence-electron chi connectivity index (χ2n) is 7.33. The molecular formula is C22H22ClN3O3S. The van der Waals surface area contributed by atoms with Crippen LogP contribution in [0.15, 0.2) is 59.5 Å². The molecule has 0 saturated carbocycles. The highest BCUT2D eigenvalue weighted by molar-refractivity contribution is 7.89. The third kappa shape index (κ3) is 4.48. The van der Waals surface area contributed by atoms with Gasteiger partial charge in [0.05, 0.1) is 10.4 Å². The predicted molar refractivity (Wildman–Crippen MR) is 117 cm³/mol. The van der Waals surface area contributed by atoms with Crippen molar-refractivity contribution in [3.05, 3.63) is 70.9 Å². The molecule has 0 radical (unpaired) electrons. The molecule has 1 amide bonds. The van der Waals surface area contributed by atoms with Crippen molar-refractivity contribution in [3.8, 4) is 0 Å². The van der Waals surface area contributed by atoms with E-state index >= 15 is 0 Å². The van der Waals surface area contributed by atoms with E-state index in [1.165, 1.54) is 0 Å². The summed E-state index contributed by atoms with van der Waals surface area (Å²) in [4.78, 5) is 17.0. The van der Waals surface area contributed by atoms with Gasteiger partial charge in [0, 0.05) is 30.6 Å². The molecule has 0 spiro atoms. The molecule has 0 bridgehead atoms. The summed E-state index contributed by atoms with van der Waals surface area (Å²) in [5.74, 6) is -0.211. The number of hydrogen-bond acceptors (Lipinski definition) is 4. The molecule has 3 aromatic rings.